The van der Waals surface area contributed by atoms with Crippen molar-refractivity contribution in [1.82, 2.24) is 14.9 Å². The van der Waals surface area contributed by atoms with Gasteiger partial charge in [-0.2, -0.15) is 4.98 Å². The molecule has 4 heterocycles. The fourth-order valence-corrected chi connectivity index (χ4v) is 7.38. The van der Waals surface area contributed by atoms with Crippen LogP contribution in [0, 0.1) is 17.8 Å². The van der Waals surface area contributed by atoms with Gasteiger partial charge >= 0.3 is 5.97 Å². The van der Waals surface area contributed by atoms with Gasteiger partial charge in [0, 0.05) is 35.7 Å². The molecule has 0 spiro atoms. The van der Waals surface area contributed by atoms with Gasteiger partial charge in [0.1, 0.15) is 10.6 Å². The predicted molar refractivity (Wildman–Crippen MR) is 150 cm³/mol. The summed E-state index contributed by atoms with van der Waals surface area (Å²) < 4.78 is 0. The topological polar surface area (TPSA) is 81.6 Å². The number of aromatic nitrogens is 2. The number of rotatable bonds is 7. The number of nitrogens with one attached hydrogen (secondary N) is 1. The second-order valence-electron chi connectivity index (χ2n) is 10.8. The molecule has 2 N–H and O–H groups in total. The number of carbonyl (C=O) groups is 1. The van der Waals surface area contributed by atoms with Gasteiger partial charge in [-0.25, -0.2) is 4.98 Å². The maximum Gasteiger partial charge on any atom is 0.306 e. The van der Waals surface area contributed by atoms with Crippen LogP contribution in [-0.4, -0.2) is 58.2 Å². The third-order valence-electron chi connectivity index (χ3n) is 8.42. The summed E-state index contributed by atoms with van der Waals surface area (Å²) in [6.07, 6.45) is 4.07. The highest BCUT2D eigenvalue weighted by Crippen LogP contribution is 2.39. The average molecular weight is 561 g/mol. The molecular weight excluding hydrogens is 529 g/mol. The van der Waals surface area contributed by atoms with Crippen molar-refractivity contribution in [3.8, 4) is 0 Å². The molecule has 37 heavy (non-hydrogen) atoms. The Labute approximate surface area is 230 Å². The van der Waals surface area contributed by atoms with E-state index in [0.29, 0.717) is 27.9 Å². The van der Waals surface area contributed by atoms with Gasteiger partial charge in [-0.3, -0.25) is 4.79 Å². The van der Waals surface area contributed by atoms with Crippen LogP contribution in [0.2, 0.25) is 10.0 Å². The summed E-state index contributed by atoms with van der Waals surface area (Å²) in [5, 5.41) is 17.1. The van der Waals surface area contributed by atoms with Crippen molar-refractivity contribution in [2.45, 2.75) is 44.7 Å². The van der Waals surface area contributed by atoms with Gasteiger partial charge in [0.05, 0.1) is 17.3 Å². The zero-order valence-electron chi connectivity index (χ0n) is 20.7. The Morgan fingerprint density at radius 1 is 1.16 bits per heavy atom. The van der Waals surface area contributed by atoms with E-state index in [0.717, 1.165) is 66.6 Å². The van der Waals surface area contributed by atoms with Gasteiger partial charge in [0.2, 0.25) is 5.95 Å². The second-order valence-corrected chi connectivity index (χ2v) is 12.5. The van der Waals surface area contributed by atoms with Crippen LogP contribution in [0.15, 0.2) is 29.6 Å². The quantitative estimate of drug-likeness (QED) is 0.357. The lowest BCUT2D eigenvalue weighted by Gasteiger charge is -2.50. The summed E-state index contributed by atoms with van der Waals surface area (Å²) in [6.45, 7) is 6.20. The van der Waals surface area contributed by atoms with Gasteiger partial charge in [0.15, 0.2) is 0 Å². The molecule has 3 aromatic rings. The molecule has 196 valence electrons. The molecule has 3 fully saturated rings. The molecule has 2 atom stereocenters. The van der Waals surface area contributed by atoms with Gasteiger partial charge in [0.25, 0.3) is 0 Å². The molecule has 7 nitrogen and oxygen atoms in total. The van der Waals surface area contributed by atoms with Crippen molar-refractivity contribution in [1.29, 1.82) is 0 Å². The van der Waals surface area contributed by atoms with Crippen molar-refractivity contribution in [3.63, 3.8) is 0 Å². The fourth-order valence-electron chi connectivity index (χ4n) is 6.05. The largest absolute Gasteiger partial charge is 0.481 e. The zero-order chi connectivity index (χ0) is 25.7. The maximum atomic E-state index is 11.2. The molecule has 2 aromatic heterocycles. The third kappa shape index (κ3) is 5.01. The van der Waals surface area contributed by atoms with Gasteiger partial charge in [-0.05, 0) is 80.1 Å². The number of thiophene rings is 1. The SMILES string of the molecule is C[C@@H](Nc1nc(N2CC([C@H]3CCCN(C4CC(C(=O)O)C4)C3)C2)nc2sccc12)c1ccc(Cl)cc1Cl. The van der Waals surface area contributed by atoms with Crippen LogP contribution in [0.4, 0.5) is 11.8 Å². The highest BCUT2D eigenvalue weighted by Gasteiger charge is 2.42. The van der Waals surface area contributed by atoms with E-state index in [9.17, 15) is 9.90 Å². The van der Waals surface area contributed by atoms with Crippen LogP contribution in [0.3, 0.4) is 0 Å². The van der Waals surface area contributed by atoms with E-state index in [1.807, 2.05) is 12.1 Å². The number of piperidine rings is 1. The van der Waals surface area contributed by atoms with Crippen LogP contribution in [0.25, 0.3) is 10.2 Å². The number of carboxylic acid groups (broad SMARTS) is 1. The Morgan fingerprint density at radius 3 is 2.73 bits per heavy atom. The van der Waals surface area contributed by atoms with Gasteiger partial charge in [-0.1, -0.05) is 29.3 Å². The standard InChI is InChI=1S/C27H31Cl2N5O2S/c1-15(21-5-4-19(28)11-23(21)29)30-24-22-6-8-37-25(22)32-27(31-24)34-13-18(14-34)16-3-2-7-33(12-16)20-9-17(10-20)26(35)36/h4-6,8,11,15-18,20H,2-3,7,9-10,12-14H2,1H3,(H,35,36)(H,30,31,32)/t15-,16+,17?,20?/m1/s1. The molecule has 1 aliphatic carbocycles. The number of nitrogens with zero attached hydrogens (tertiary/aromatic N) is 4. The van der Waals surface area contributed by atoms with E-state index in [1.54, 1.807) is 17.4 Å². The number of benzene rings is 1. The minimum Gasteiger partial charge on any atom is -0.481 e. The Kier molecular flexibility index (Phi) is 6.94. The van der Waals surface area contributed by atoms with Crippen molar-refractivity contribution in [3.05, 3.63) is 45.3 Å². The third-order valence-corrected chi connectivity index (χ3v) is 9.79. The summed E-state index contributed by atoms with van der Waals surface area (Å²) in [6, 6.07) is 8.05. The average Bonchev–Trinajstić information content (AvgIpc) is 3.26. The Morgan fingerprint density at radius 2 is 1.97 bits per heavy atom. The van der Waals surface area contributed by atoms with Crippen LogP contribution in [-0.2, 0) is 4.79 Å². The van der Waals surface area contributed by atoms with Crippen molar-refractivity contribution in [2.24, 2.45) is 17.8 Å². The van der Waals surface area contributed by atoms with Crippen LogP contribution in [0.5, 0.6) is 0 Å². The van der Waals surface area contributed by atoms with E-state index in [2.05, 4.69) is 33.5 Å². The summed E-state index contributed by atoms with van der Waals surface area (Å²) in [4.78, 5) is 26.9. The number of hydrogen-bond donors (Lipinski definition) is 2. The molecule has 2 saturated heterocycles. The predicted octanol–water partition coefficient (Wildman–Crippen LogP) is 6.18. The Hall–Kier alpha value is -2.13. The summed E-state index contributed by atoms with van der Waals surface area (Å²) in [5.74, 6) is 2.11. The first-order valence-corrected chi connectivity index (χ1v) is 14.7. The molecule has 1 aromatic carbocycles. The smallest absolute Gasteiger partial charge is 0.306 e. The molecule has 0 radical (unpaired) electrons. The minimum atomic E-state index is -0.637. The number of aliphatic carboxylic acids is 1. The number of fused-ring (bicyclic) bond motifs is 1. The van der Waals surface area contributed by atoms with Crippen molar-refractivity contribution in [2.75, 3.05) is 36.4 Å². The number of hydrogen-bond acceptors (Lipinski definition) is 7. The lowest BCUT2D eigenvalue weighted by molar-refractivity contribution is -0.147. The van der Waals surface area contributed by atoms with E-state index in [1.165, 1.54) is 12.8 Å². The monoisotopic (exact) mass is 559 g/mol. The van der Waals surface area contributed by atoms with Gasteiger partial charge in [-0.15, -0.1) is 11.3 Å². The number of carboxylic acids is 1. The van der Waals surface area contributed by atoms with E-state index < -0.39 is 5.97 Å². The number of halogens is 2. The molecule has 0 bridgehead atoms. The molecule has 10 heteroatoms. The molecule has 1 saturated carbocycles. The number of anilines is 2. The molecule has 0 amide bonds. The summed E-state index contributed by atoms with van der Waals surface area (Å²) in [5.41, 5.74) is 0.974. The van der Waals surface area contributed by atoms with E-state index in [-0.39, 0.29) is 12.0 Å². The highest BCUT2D eigenvalue weighted by atomic mass is 35.5. The normalized spacial score (nSPS) is 25.5. The zero-order valence-corrected chi connectivity index (χ0v) is 23.1. The highest BCUT2D eigenvalue weighted by molar-refractivity contribution is 7.16. The first-order valence-electron chi connectivity index (χ1n) is 13.0. The molecule has 2 aliphatic heterocycles. The summed E-state index contributed by atoms with van der Waals surface area (Å²) in [7, 11) is 0. The minimum absolute atomic E-state index is 0.0415. The van der Waals surface area contributed by atoms with Crippen LogP contribution in [0.1, 0.15) is 44.2 Å². The molecular formula is C27H31Cl2N5O2S. The summed E-state index contributed by atoms with van der Waals surface area (Å²) >= 11 is 14.2. The molecule has 3 aliphatic rings. The van der Waals surface area contributed by atoms with Crippen molar-refractivity contribution < 1.29 is 9.90 Å². The Bertz CT molecular complexity index is 1310. The maximum absolute atomic E-state index is 11.2. The molecule has 6 rings (SSSR count). The van der Waals surface area contributed by atoms with Crippen molar-refractivity contribution >= 4 is 62.5 Å². The van der Waals surface area contributed by atoms with Crippen LogP contribution < -0.4 is 10.2 Å². The van der Waals surface area contributed by atoms with Crippen LogP contribution >= 0.6 is 34.5 Å². The fraction of sp³-hybridized carbons (Fsp3) is 0.519. The first-order chi connectivity index (χ1) is 17.9. The first kappa shape index (κ1) is 25.2. The molecule has 0 unspecified atom stereocenters. The Balaban J connectivity index is 1.12. The lowest BCUT2D eigenvalue weighted by Crippen LogP contribution is -2.56. The van der Waals surface area contributed by atoms with E-state index >= 15 is 0 Å². The number of likely N-dealkylation sites (tertiary alicyclic amines) is 1. The van der Waals surface area contributed by atoms with Gasteiger partial charge < -0.3 is 20.2 Å². The van der Waals surface area contributed by atoms with E-state index in [4.69, 9.17) is 33.2 Å². The second kappa shape index (κ2) is 10.2. The lowest BCUT2D eigenvalue weighted by atomic mass is 9.76.